The monoisotopic (exact) mass is 280 g/mol. The molecule has 0 saturated heterocycles. The number of nitrogens with zero attached hydrogens (tertiary/aromatic N) is 1. The van der Waals surface area contributed by atoms with Gasteiger partial charge in [0.25, 0.3) is 0 Å². The Balaban J connectivity index is 2.06. The van der Waals surface area contributed by atoms with Crippen molar-refractivity contribution in [1.29, 1.82) is 0 Å². The van der Waals surface area contributed by atoms with Crippen LogP contribution in [0, 0.1) is 6.92 Å². The van der Waals surface area contributed by atoms with Crippen molar-refractivity contribution in [3.8, 4) is 11.1 Å². The number of carbonyl (C=O) groups excluding carboxylic acids is 1. The van der Waals surface area contributed by atoms with E-state index in [0.29, 0.717) is 6.42 Å². The number of carbonyl (C=O) groups is 1. The Bertz CT molecular complexity index is 805. The molecule has 1 N–H and O–H groups in total. The Hall–Kier alpha value is -2.62. The number of benzene rings is 1. The van der Waals surface area contributed by atoms with E-state index in [4.69, 9.17) is 4.42 Å². The normalized spacial score (nSPS) is 10.8. The molecular formula is C17H16N2O2. The van der Waals surface area contributed by atoms with Gasteiger partial charge in [-0.2, -0.15) is 0 Å². The summed E-state index contributed by atoms with van der Waals surface area (Å²) >= 11 is 0. The second kappa shape index (κ2) is 5.40. The van der Waals surface area contributed by atoms with Crippen LogP contribution in [0.1, 0.15) is 19.1 Å². The lowest BCUT2D eigenvalue weighted by atomic mass is 10.1. The molecule has 1 aromatic carbocycles. The molecule has 0 aliphatic carbocycles. The fourth-order valence-corrected chi connectivity index (χ4v) is 2.30. The molecule has 0 unspecified atom stereocenters. The van der Waals surface area contributed by atoms with Gasteiger partial charge in [0.15, 0.2) is 5.58 Å². The molecule has 0 fully saturated rings. The molecule has 0 aliphatic heterocycles. The van der Waals surface area contributed by atoms with Crippen molar-refractivity contribution >= 4 is 22.7 Å². The van der Waals surface area contributed by atoms with E-state index >= 15 is 0 Å². The van der Waals surface area contributed by atoms with E-state index in [1.54, 1.807) is 6.20 Å². The van der Waals surface area contributed by atoms with Crippen LogP contribution in [-0.2, 0) is 4.79 Å². The van der Waals surface area contributed by atoms with E-state index in [1.807, 2.05) is 50.2 Å². The molecule has 4 heteroatoms. The lowest BCUT2D eigenvalue weighted by molar-refractivity contribution is -0.115. The zero-order valence-corrected chi connectivity index (χ0v) is 12.0. The molecule has 3 aromatic rings. The van der Waals surface area contributed by atoms with Gasteiger partial charge in [-0.3, -0.25) is 9.78 Å². The quantitative estimate of drug-likeness (QED) is 0.784. The molecule has 1 amide bonds. The highest BCUT2D eigenvalue weighted by Crippen LogP contribution is 2.30. The maximum Gasteiger partial charge on any atom is 0.224 e. The summed E-state index contributed by atoms with van der Waals surface area (Å²) in [6, 6.07) is 11.6. The van der Waals surface area contributed by atoms with E-state index < -0.39 is 0 Å². The minimum Gasteiger partial charge on any atom is -0.459 e. The summed E-state index contributed by atoms with van der Waals surface area (Å²) in [5.41, 5.74) is 4.36. The first-order valence-corrected chi connectivity index (χ1v) is 6.93. The number of anilines is 1. The van der Waals surface area contributed by atoms with Crippen LogP contribution in [0.5, 0.6) is 0 Å². The van der Waals surface area contributed by atoms with Gasteiger partial charge in [0.05, 0.1) is 0 Å². The predicted molar refractivity (Wildman–Crippen MR) is 83.1 cm³/mol. The highest BCUT2D eigenvalue weighted by Gasteiger charge is 2.10. The highest BCUT2D eigenvalue weighted by molar-refractivity contribution is 5.94. The van der Waals surface area contributed by atoms with Crippen LogP contribution in [0.2, 0.25) is 0 Å². The van der Waals surface area contributed by atoms with Gasteiger partial charge in [-0.1, -0.05) is 19.1 Å². The molecule has 0 atom stereocenters. The number of aryl methyl sites for hydroxylation is 1. The molecule has 0 radical (unpaired) electrons. The first kappa shape index (κ1) is 13.4. The second-order valence-electron chi connectivity index (χ2n) is 4.91. The van der Waals surface area contributed by atoms with Gasteiger partial charge in [-0.05, 0) is 30.7 Å². The van der Waals surface area contributed by atoms with Crippen LogP contribution in [-0.4, -0.2) is 10.9 Å². The standard InChI is InChI=1S/C17H16N2O2/c1-3-16(20)19-13-6-4-5-12(10-13)14-7-8-18-15-9-11(2)21-17(14)15/h4-10H,3H2,1-2H3,(H,19,20). The summed E-state index contributed by atoms with van der Waals surface area (Å²) in [6.45, 7) is 3.74. The minimum atomic E-state index is 0.000804. The third-order valence-corrected chi connectivity index (χ3v) is 3.31. The van der Waals surface area contributed by atoms with E-state index in [9.17, 15) is 4.79 Å². The van der Waals surface area contributed by atoms with Crippen LogP contribution in [0.25, 0.3) is 22.2 Å². The fourth-order valence-electron chi connectivity index (χ4n) is 2.30. The molecule has 0 saturated carbocycles. The van der Waals surface area contributed by atoms with Gasteiger partial charge >= 0.3 is 0 Å². The summed E-state index contributed by atoms with van der Waals surface area (Å²) in [5.74, 6) is 0.834. The van der Waals surface area contributed by atoms with Crippen molar-refractivity contribution in [3.05, 3.63) is 48.4 Å². The van der Waals surface area contributed by atoms with Crippen LogP contribution in [0.4, 0.5) is 5.69 Å². The topological polar surface area (TPSA) is 55.1 Å². The number of aromatic nitrogens is 1. The smallest absolute Gasteiger partial charge is 0.224 e. The minimum absolute atomic E-state index is 0.000804. The van der Waals surface area contributed by atoms with Gasteiger partial charge in [-0.25, -0.2) is 0 Å². The van der Waals surface area contributed by atoms with Crippen LogP contribution < -0.4 is 5.32 Å². The van der Waals surface area contributed by atoms with E-state index in [1.165, 1.54) is 0 Å². The van der Waals surface area contributed by atoms with Crippen molar-refractivity contribution in [2.24, 2.45) is 0 Å². The Morgan fingerprint density at radius 3 is 2.95 bits per heavy atom. The molecule has 0 bridgehead atoms. The van der Waals surface area contributed by atoms with Crippen molar-refractivity contribution in [3.63, 3.8) is 0 Å². The SMILES string of the molecule is CCC(=O)Nc1cccc(-c2ccnc3cc(C)oc23)c1. The molecular weight excluding hydrogens is 264 g/mol. The maximum atomic E-state index is 11.5. The zero-order chi connectivity index (χ0) is 14.8. The molecule has 0 aliphatic rings. The summed E-state index contributed by atoms with van der Waals surface area (Å²) in [4.78, 5) is 15.8. The van der Waals surface area contributed by atoms with Crippen molar-refractivity contribution in [1.82, 2.24) is 4.98 Å². The van der Waals surface area contributed by atoms with Gasteiger partial charge in [-0.15, -0.1) is 0 Å². The highest BCUT2D eigenvalue weighted by atomic mass is 16.3. The lowest BCUT2D eigenvalue weighted by Gasteiger charge is -2.07. The predicted octanol–water partition coefficient (Wildman–Crippen LogP) is 4.15. The van der Waals surface area contributed by atoms with Crippen LogP contribution >= 0.6 is 0 Å². The number of amides is 1. The number of fused-ring (bicyclic) bond motifs is 1. The molecule has 4 nitrogen and oxygen atoms in total. The van der Waals surface area contributed by atoms with Crippen LogP contribution in [0.15, 0.2) is 47.0 Å². The third-order valence-electron chi connectivity index (χ3n) is 3.31. The van der Waals surface area contributed by atoms with Gasteiger partial charge in [0.2, 0.25) is 5.91 Å². The number of nitrogens with one attached hydrogen (secondary N) is 1. The van der Waals surface area contributed by atoms with E-state index in [2.05, 4.69) is 10.3 Å². The van der Waals surface area contributed by atoms with Gasteiger partial charge in [0.1, 0.15) is 11.3 Å². The van der Waals surface area contributed by atoms with E-state index in [-0.39, 0.29) is 5.91 Å². The Morgan fingerprint density at radius 2 is 2.14 bits per heavy atom. The molecule has 106 valence electrons. The Labute approximate surface area is 122 Å². The zero-order valence-electron chi connectivity index (χ0n) is 12.0. The molecule has 0 spiro atoms. The average Bonchev–Trinajstić information content (AvgIpc) is 2.87. The van der Waals surface area contributed by atoms with Gasteiger partial charge < -0.3 is 9.73 Å². The first-order chi connectivity index (χ1) is 10.2. The summed E-state index contributed by atoms with van der Waals surface area (Å²) in [6.07, 6.45) is 2.23. The van der Waals surface area contributed by atoms with Crippen LogP contribution in [0.3, 0.4) is 0 Å². The van der Waals surface area contributed by atoms with Crippen molar-refractivity contribution < 1.29 is 9.21 Å². The van der Waals surface area contributed by atoms with Crippen molar-refractivity contribution in [2.45, 2.75) is 20.3 Å². The van der Waals surface area contributed by atoms with Gasteiger partial charge in [0, 0.05) is 29.9 Å². The number of rotatable bonds is 3. The number of furan rings is 1. The molecule has 2 heterocycles. The molecule has 21 heavy (non-hydrogen) atoms. The lowest BCUT2D eigenvalue weighted by Crippen LogP contribution is -2.09. The average molecular weight is 280 g/mol. The number of hydrogen-bond donors (Lipinski definition) is 1. The first-order valence-electron chi connectivity index (χ1n) is 6.93. The summed E-state index contributed by atoms with van der Waals surface area (Å²) in [7, 11) is 0. The molecule has 2 aromatic heterocycles. The Kier molecular flexibility index (Phi) is 3.44. The van der Waals surface area contributed by atoms with E-state index in [0.717, 1.165) is 33.7 Å². The third kappa shape index (κ3) is 2.65. The number of hydrogen-bond acceptors (Lipinski definition) is 3. The summed E-state index contributed by atoms with van der Waals surface area (Å²) in [5, 5.41) is 2.87. The second-order valence-corrected chi connectivity index (χ2v) is 4.91. The Morgan fingerprint density at radius 1 is 1.29 bits per heavy atom. The molecule has 3 rings (SSSR count). The summed E-state index contributed by atoms with van der Waals surface area (Å²) < 4.78 is 5.75. The number of pyridine rings is 1. The fraction of sp³-hybridized carbons (Fsp3) is 0.176. The largest absolute Gasteiger partial charge is 0.459 e. The maximum absolute atomic E-state index is 11.5. The van der Waals surface area contributed by atoms with Crippen molar-refractivity contribution in [2.75, 3.05) is 5.32 Å².